The van der Waals surface area contributed by atoms with Crippen LogP contribution in [0.4, 0.5) is 0 Å². The van der Waals surface area contributed by atoms with Gasteiger partial charge in [-0.25, -0.2) is 0 Å². The first-order valence-electron chi connectivity index (χ1n) is 7.15. The Labute approximate surface area is 129 Å². The van der Waals surface area contributed by atoms with E-state index in [1.807, 2.05) is 37.3 Å². The van der Waals surface area contributed by atoms with Crippen LogP contribution in [0.1, 0.15) is 33.6 Å². The highest BCUT2D eigenvalue weighted by Gasteiger charge is 2.43. The van der Waals surface area contributed by atoms with Gasteiger partial charge >= 0.3 is 5.97 Å². The zero-order valence-electron chi connectivity index (χ0n) is 12.6. The highest BCUT2D eigenvalue weighted by Crippen LogP contribution is 2.36. The lowest BCUT2D eigenvalue weighted by atomic mass is 9.91. The van der Waals surface area contributed by atoms with Crippen LogP contribution in [0.15, 0.2) is 35.2 Å². The van der Waals surface area contributed by atoms with Crippen molar-refractivity contribution in [1.82, 2.24) is 0 Å². The van der Waals surface area contributed by atoms with Crippen molar-refractivity contribution in [1.29, 1.82) is 0 Å². The molecule has 1 aromatic carbocycles. The van der Waals surface area contributed by atoms with Gasteiger partial charge in [0.25, 0.3) is 0 Å². The molecular formula is C16H22O4S. The van der Waals surface area contributed by atoms with Crippen LogP contribution in [0, 0.1) is 0 Å². The van der Waals surface area contributed by atoms with Crippen LogP contribution < -0.4 is 0 Å². The van der Waals surface area contributed by atoms with Gasteiger partial charge in [-0.3, -0.25) is 4.79 Å². The van der Waals surface area contributed by atoms with Crippen LogP contribution in [-0.2, 0) is 14.3 Å². The Balaban J connectivity index is 2.08. The normalized spacial score (nSPS) is 33.2. The summed E-state index contributed by atoms with van der Waals surface area (Å²) in [5, 5.41) is 10.6. The Morgan fingerprint density at radius 3 is 2.71 bits per heavy atom. The van der Waals surface area contributed by atoms with Gasteiger partial charge in [-0.1, -0.05) is 30.0 Å². The van der Waals surface area contributed by atoms with Gasteiger partial charge < -0.3 is 14.6 Å². The van der Waals surface area contributed by atoms with Crippen molar-refractivity contribution in [3.05, 3.63) is 30.3 Å². The van der Waals surface area contributed by atoms with Gasteiger partial charge in [0.2, 0.25) is 0 Å². The molecule has 0 radical (unpaired) electrons. The van der Waals surface area contributed by atoms with Crippen LogP contribution >= 0.6 is 11.8 Å². The first-order valence-corrected chi connectivity index (χ1v) is 8.03. The van der Waals surface area contributed by atoms with Gasteiger partial charge in [-0.2, -0.15) is 0 Å². The molecule has 0 amide bonds. The quantitative estimate of drug-likeness (QED) is 0.870. The van der Waals surface area contributed by atoms with Crippen molar-refractivity contribution in [3.63, 3.8) is 0 Å². The molecule has 2 rings (SSSR count). The molecule has 1 aromatic rings. The maximum absolute atomic E-state index is 11.2. The molecule has 0 saturated carbocycles. The fourth-order valence-corrected chi connectivity index (χ4v) is 3.66. The standard InChI is InChI=1S/C16H22O4S/c1-11-15(20-12(2)17)16(3,18)10-9-14(19-11)21-13-7-5-4-6-8-13/h4-8,11,14-15,18H,9-10H2,1-3H3. The molecule has 0 aliphatic carbocycles. The first kappa shape index (κ1) is 16.3. The summed E-state index contributed by atoms with van der Waals surface area (Å²) >= 11 is 1.63. The molecule has 1 aliphatic rings. The summed E-state index contributed by atoms with van der Waals surface area (Å²) < 4.78 is 11.3. The number of hydrogen-bond acceptors (Lipinski definition) is 5. The Morgan fingerprint density at radius 2 is 2.10 bits per heavy atom. The molecule has 0 spiro atoms. The smallest absolute Gasteiger partial charge is 0.303 e. The maximum Gasteiger partial charge on any atom is 0.303 e. The Bertz CT molecular complexity index is 474. The largest absolute Gasteiger partial charge is 0.457 e. The molecule has 21 heavy (non-hydrogen) atoms. The highest BCUT2D eigenvalue weighted by molar-refractivity contribution is 7.99. The van der Waals surface area contributed by atoms with Crippen molar-refractivity contribution >= 4 is 17.7 Å². The number of benzene rings is 1. The van der Waals surface area contributed by atoms with Gasteiger partial charge in [-0.15, -0.1) is 0 Å². The summed E-state index contributed by atoms with van der Waals surface area (Å²) in [5.74, 6) is -0.398. The van der Waals surface area contributed by atoms with Crippen LogP contribution in [0.5, 0.6) is 0 Å². The maximum atomic E-state index is 11.2. The minimum atomic E-state index is -1.07. The second-order valence-electron chi connectivity index (χ2n) is 5.63. The zero-order chi connectivity index (χ0) is 15.5. The molecule has 1 aliphatic heterocycles. The van der Waals surface area contributed by atoms with Gasteiger partial charge in [0, 0.05) is 11.8 Å². The van der Waals surface area contributed by atoms with Crippen LogP contribution in [-0.4, -0.2) is 34.3 Å². The van der Waals surface area contributed by atoms with E-state index in [0.717, 1.165) is 4.90 Å². The summed E-state index contributed by atoms with van der Waals surface area (Å²) in [6, 6.07) is 10.0. The Hall–Kier alpha value is -1.04. The SMILES string of the molecule is CC(=O)OC1C(C)OC(Sc2ccccc2)CCC1(C)O. The van der Waals surface area contributed by atoms with E-state index in [4.69, 9.17) is 9.47 Å². The molecule has 4 nitrogen and oxygen atoms in total. The predicted octanol–water partition coefficient (Wildman–Crippen LogP) is 2.99. The summed E-state index contributed by atoms with van der Waals surface area (Å²) in [6.45, 7) is 4.89. The third kappa shape index (κ3) is 4.46. The average molecular weight is 310 g/mol. The number of carbonyl (C=O) groups is 1. The van der Waals surface area contributed by atoms with E-state index in [1.54, 1.807) is 18.7 Å². The topological polar surface area (TPSA) is 55.8 Å². The van der Waals surface area contributed by atoms with Gasteiger partial charge in [0.15, 0.2) is 6.10 Å². The van der Waals surface area contributed by atoms with Gasteiger partial charge in [0.05, 0.1) is 6.10 Å². The molecule has 1 fully saturated rings. The third-order valence-corrected chi connectivity index (χ3v) is 4.75. The summed E-state index contributed by atoms with van der Waals surface area (Å²) in [7, 11) is 0. The van der Waals surface area contributed by atoms with E-state index in [0.29, 0.717) is 12.8 Å². The van der Waals surface area contributed by atoms with Crippen molar-refractivity contribution in [2.45, 2.75) is 61.8 Å². The number of aliphatic hydroxyl groups is 1. The number of hydrogen-bond donors (Lipinski definition) is 1. The molecule has 1 N–H and O–H groups in total. The molecule has 4 atom stereocenters. The van der Waals surface area contributed by atoms with Crippen LogP contribution in [0.2, 0.25) is 0 Å². The Morgan fingerprint density at radius 1 is 1.43 bits per heavy atom. The lowest BCUT2D eigenvalue weighted by Gasteiger charge is -2.33. The summed E-state index contributed by atoms with van der Waals surface area (Å²) in [4.78, 5) is 12.4. The van der Waals surface area contributed by atoms with Crippen molar-refractivity contribution in [3.8, 4) is 0 Å². The number of thioether (sulfide) groups is 1. The molecule has 4 unspecified atom stereocenters. The van der Waals surface area contributed by atoms with Crippen molar-refractivity contribution < 1.29 is 19.4 Å². The fraction of sp³-hybridized carbons (Fsp3) is 0.562. The molecule has 5 heteroatoms. The summed E-state index contributed by atoms with van der Waals surface area (Å²) in [6.07, 6.45) is 0.234. The fourth-order valence-electron chi connectivity index (χ4n) is 2.58. The lowest BCUT2D eigenvalue weighted by molar-refractivity contribution is -0.175. The van der Waals surface area contributed by atoms with Crippen LogP contribution in [0.25, 0.3) is 0 Å². The van der Waals surface area contributed by atoms with Gasteiger partial charge in [-0.05, 0) is 38.8 Å². The molecular weight excluding hydrogens is 288 g/mol. The zero-order valence-corrected chi connectivity index (χ0v) is 13.4. The monoisotopic (exact) mass is 310 g/mol. The number of ether oxygens (including phenoxy) is 2. The van der Waals surface area contributed by atoms with E-state index in [9.17, 15) is 9.90 Å². The Kier molecular flexibility index (Phi) is 5.30. The minimum absolute atomic E-state index is 0.0607. The van der Waals surface area contributed by atoms with E-state index in [-0.39, 0.29) is 11.5 Å². The van der Waals surface area contributed by atoms with E-state index in [1.165, 1.54) is 6.92 Å². The van der Waals surface area contributed by atoms with Crippen LogP contribution in [0.3, 0.4) is 0 Å². The average Bonchev–Trinajstić information content (AvgIpc) is 2.51. The summed E-state index contributed by atoms with van der Waals surface area (Å²) in [5.41, 5.74) is -1.13. The molecule has 0 bridgehead atoms. The van der Waals surface area contributed by atoms with E-state index in [2.05, 4.69) is 0 Å². The molecule has 0 aromatic heterocycles. The second kappa shape index (κ2) is 6.81. The second-order valence-corrected chi connectivity index (χ2v) is 6.86. The van der Waals surface area contributed by atoms with E-state index >= 15 is 0 Å². The predicted molar refractivity (Wildman–Crippen MR) is 82.0 cm³/mol. The first-order chi connectivity index (χ1) is 9.88. The molecule has 116 valence electrons. The minimum Gasteiger partial charge on any atom is -0.457 e. The third-order valence-electron chi connectivity index (χ3n) is 3.60. The highest BCUT2D eigenvalue weighted by atomic mass is 32.2. The number of carbonyl (C=O) groups excluding carboxylic acids is 1. The lowest BCUT2D eigenvalue weighted by Crippen LogP contribution is -2.47. The van der Waals surface area contributed by atoms with Gasteiger partial charge in [0.1, 0.15) is 11.0 Å². The molecule has 1 saturated heterocycles. The number of rotatable bonds is 3. The van der Waals surface area contributed by atoms with Crippen molar-refractivity contribution in [2.24, 2.45) is 0 Å². The number of esters is 1. The van der Waals surface area contributed by atoms with E-state index < -0.39 is 17.7 Å². The van der Waals surface area contributed by atoms with Crippen molar-refractivity contribution in [2.75, 3.05) is 0 Å². The molecule has 1 heterocycles.